The van der Waals surface area contributed by atoms with E-state index in [-0.39, 0.29) is 0 Å². The lowest BCUT2D eigenvalue weighted by Gasteiger charge is -2.10. The summed E-state index contributed by atoms with van der Waals surface area (Å²) >= 11 is 12.3. The summed E-state index contributed by atoms with van der Waals surface area (Å²) in [7, 11) is 1.63. The van der Waals surface area contributed by atoms with Crippen LogP contribution < -0.4 is 4.74 Å². The smallest absolute Gasteiger partial charge is 0.184 e. The Morgan fingerprint density at radius 3 is 2.80 bits per heavy atom. The highest BCUT2D eigenvalue weighted by molar-refractivity contribution is 9.10. The number of nitrogens with one attached hydrogen (secondary N) is 1. The third-order valence-electron chi connectivity index (χ3n) is 2.87. The highest BCUT2D eigenvalue weighted by Gasteiger charge is 2.13. The minimum absolute atomic E-state index is 0.571. The van der Waals surface area contributed by atoms with Gasteiger partial charge < -0.3 is 9.72 Å². The van der Waals surface area contributed by atoms with Crippen LogP contribution in [0.15, 0.2) is 39.4 Å². The molecule has 0 unspecified atom stereocenters. The molecule has 0 aliphatic carbocycles. The Kier molecular flexibility index (Phi) is 3.66. The molecule has 20 heavy (non-hydrogen) atoms. The number of aromatic amines is 1. The Morgan fingerprint density at radius 1 is 1.25 bits per heavy atom. The van der Waals surface area contributed by atoms with E-state index >= 15 is 0 Å². The Labute approximate surface area is 137 Å². The summed E-state index contributed by atoms with van der Waals surface area (Å²) in [6.07, 6.45) is 1.74. The van der Waals surface area contributed by atoms with Gasteiger partial charge in [0.25, 0.3) is 0 Å². The monoisotopic (exact) mass is 413 g/mol. The average Bonchev–Trinajstić information content (AvgIpc) is 2.73. The summed E-state index contributed by atoms with van der Waals surface area (Å²) < 4.78 is 9.69. The lowest BCUT2D eigenvalue weighted by Crippen LogP contribution is -1.99. The van der Waals surface area contributed by atoms with Gasteiger partial charge in [-0.15, -0.1) is 0 Å². The predicted molar refractivity (Wildman–Crippen MR) is 88.2 cm³/mol. The molecule has 0 bridgehead atoms. The van der Waals surface area contributed by atoms with Gasteiger partial charge in [-0.25, -0.2) is 4.98 Å². The van der Waals surface area contributed by atoms with Crippen molar-refractivity contribution in [2.75, 3.05) is 7.11 Å². The van der Waals surface area contributed by atoms with Crippen molar-refractivity contribution in [2.24, 2.45) is 0 Å². The molecule has 4 nitrogen and oxygen atoms in total. The second-order valence-corrected chi connectivity index (χ2v) is 6.32. The summed E-state index contributed by atoms with van der Waals surface area (Å²) in [5, 5.41) is 0. The zero-order chi connectivity index (χ0) is 14.3. The van der Waals surface area contributed by atoms with E-state index in [9.17, 15) is 0 Å². The number of ether oxygens (including phenoxy) is 1. The van der Waals surface area contributed by atoms with E-state index in [1.807, 2.05) is 28.8 Å². The SMILES string of the molecule is COc1ccc(Br)cc1-n1c(=S)[nH]c2cc(Br)cnc21. The zero-order valence-electron chi connectivity index (χ0n) is 10.4. The van der Waals surface area contributed by atoms with Crippen LogP contribution in [0.2, 0.25) is 0 Å². The first kappa shape index (κ1) is 13.8. The van der Waals surface area contributed by atoms with Crippen molar-refractivity contribution in [3.05, 3.63) is 44.2 Å². The van der Waals surface area contributed by atoms with Crippen LogP contribution in [0.4, 0.5) is 0 Å². The Bertz CT molecular complexity index is 856. The first-order chi connectivity index (χ1) is 9.60. The summed E-state index contributed by atoms with van der Waals surface area (Å²) in [5.74, 6) is 0.731. The number of aromatic nitrogens is 3. The molecule has 102 valence electrons. The van der Waals surface area contributed by atoms with Crippen LogP contribution in [0.3, 0.4) is 0 Å². The highest BCUT2D eigenvalue weighted by atomic mass is 79.9. The van der Waals surface area contributed by atoms with Crippen LogP contribution in [0, 0.1) is 4.77 Å². The fourth-order valence-electron chi connectivity index (χ4n) is 2.03. The molecule has 2 aromatic heterocycles. The number of hydrogen-bond donors (Lipinski definition) is 1. The third kappa shape index (κ3) is 2.30. The van der Waals surface area contributed by atoms with E-state index in [0.717, 1.165) is 31.5 Å². The number of nitrogens with zero attached hydrogens (tertiary/aromatic N) is 2. The van der Waals surface area contributed by atoms with Crippen LogP contribution in [0.25, 0.3) is 16.9 Å². The van der Waals surface area contributed by atoms with E-state index in [4.69, 9.17) is 17.0 Å². The number of benzene rings is 1. The van der Waals surface area contributed by atoms with Crippen LogP contribution >= 0.6 is 44.1 Å². The standard InChI is InChI=1S/C13H9Br2N3OS/c1-19-11-3-2-7(14)5-10(11)18-12-9(17-13(18)20)4-8(15)6-16-12/h2-6H,1H3,(H,17,20). The Balaban J connectivity index is 2.37. The normalized spacial score (nSPS) is 10.9. The van der Waals surface area contributed by atoms with E-state index in [0.29, 0.717) is 4.77 Å². The Morgan fingerprint density at radius 2 is 2.05 bits per heavy atom. The molecule has 0 spiro atoms. The molecule has 7 heteroatoms. The molecule has 0 saturated heterocycles. The zero-order valence-corrected chi connectivity index (χ0v) is 14.3. The number of hydrogen-bond acceptors (Lipinski definition) is 3. The minimum atomic E-state index is 0.571. The summed E-state index contributed by atoms with van der Waals surface area (Å²) in [6.45, 7) is 0. The first-order valence-electron chi connectivity index (χ1n) is 5.70. The molecular formula is C13H9Br2N3OS. The number of pyridine rings is 1. The molecule has 0 aliphatic heterocycles. The van der Waals surface area contributed by atoms with Gasteiger partial charge >= 0.3 is 0 Å². The van der Waals surface area contributed by atoms with Gasteiger partial charge in [0, 0.05) is 15.1 Å². The largest absolute Gasteiger partial charge is 0.495 e. The molecule has 0 saturated carbocycles. The summed E-state index contributed by atoms with van der Waals surface area (Å²) in [6, 6.07) is 7.70. The topological polar surface area (TPSA) is 42.8 Å². The summed E-state index contributed by atoms with van der Waals surface area (Å²) in [4.78, 5) is 7.58. The lowest BCUT2D eigenvalue weighted by molar-refractivity contribution is 0.413. The van der Waals surface area contributed by atoms with Crippen LogP contribution in [-0.2, 0) is 0 Å². The molecular weight excluding hydrogens is 406 g/mol. The van der Waals surface area contributed by atoms with E-state index < -0.39 is 0 Å². The maximum atomic E-state index is 5.41. The van der Waals surface area contributed by atoms with E-state index in [2.05, 4.69) is 41.8 Å². The molecule has 0 aliphatic rings. The van der Waals surface area contributed by atoms with Crippen LogP contribution in [-0.4, -0.2) is 21.6 Å². The van der Waals surface area contributed by atoms with Crippen molar-refractivity contribution in [1.29, 1.82) is 0 Å². The third-order valence-corrected chi connectivity index (χ3v) is 4.08. The quantitative estimate of drug-likeness (QED) is 0.622. The summed E-state index contributed by atoms with van der Waals surface area (Å²) in [5.41, 5.74) is 2.47. The molecule has 3 aromatic rings. The van der Waals surface area contributed by atoms with Gasteiger partial charge in [-0.2, -0.15) is 0 Å². The van der Waals surface area contributed by atoms with Crippen LogP contribution in [0.5, 0.6) is 5.75 Å². The second-order valence-electron chi connectivity index (χ2n) is 4.11. The fraction of sp³-hybridized carbons (Fsp3) is 0.0769. The van der Waals surface area contributed by atoms with Crippen molar-refractivity contribution in [3.63, 3.8) is 0 Å². The number of H-pyrrole nitrogens is 1. The Hall–Kier alpha value is -1.18. The van der Waals surface area contributed by atoms with Crippen molar-refractivity contribution in [3.8, 4) is 11.4 Å². The van der Waals surface area contributed by atoms with Crippen molar-refractivity contribution < 1.29 is 4.74 Å². The molecule has 1 aromatic carbocycles. The van der Waals surface area contributed by atoms with Crippen molar-refractivity contribution in [2.45, 2.75) is 0 Å². The number of fused-ring (bicyclic) bond motifs is 1. The molecule has 3 rings (SSSR count). The molecule has 2 heterocycles. The van der Waals surface area contributed by atoms with E-state index in [1.165, 1.54) is 0 Å². The van der Waals surface area contributed by atoms with E-state index in [1.54, 1.807) is 13.3 Å². The van der Waals surface area contributed by atoms with Crippen LogP contribution in [0.1, 0.15) is 0 Å². The van der Waals surface area contributed by atoms with Gasteiger partial charge in [-0.1, -0.05) is 15.9 Å². The number of methoxy groups -OCH3 is 1. The molecule has 0 fully saturated rings. The van der Waals surface area contributed by atoms with Gasteiger partial charge in [0.05, 0.1) is 18.3 Å². The van der Waals surface area contributed by atoms with Gasteiger partial charge in [0.2, 0.25) is 0 Å². The number of imidazole rings is 1. The molecule has 1 N–H and O–H groups in total. The average molecular weight is 415 g/mol. The first-order valence-corrected chi connectivity index (χ1v) is 7.70. The van der Waals surface area contributed by atoms with Gasteiger partial charge in [0.1, 0.15) is 5.75 Å². The minimum Gasteiger partial charge on any atom is -0.495 e. The molecule has 0 amide bonds. The number of halogens is 2. The lowest BCUT2D eigenvalue weighted by atomic mass is 10.3. The van der Waals surface area contributed by atoms with Crippen molar-refractivity contribution in [1.82, 2.24) is 14.5 Å². The predicted octanol–water partition coefficient (Wildman–Crippen LogP) is 4.62. The highest BCUT2D eigenvalue weighted by Crippen LogP contribution is 2.29. The van der Waals surface area contributed by atoms with Gasteiger partial charge in [-0.3, -0.25) is 4.57 Å². The fourth-order valence-corrected chi connectivity index (χ4v) is 3.01. The maximum Gasteiger partial charge on any atom is 0.184 e. The molecule has 0 radical (unpaired) electrons. The van der Waals surface area contributed by atoms with Crippen molar-refractivity contribution >= 4 is 55.2 Å². The molecule has 0 atom stereocenters. The van der Waals surface area contributed by atoms with Gasteiger partial charge in [0.15, 0.2) is 10.4 Å². The number of rotatable bonds is 2. The second kappa shape index (κ2) is 5.31. The van der Waals surface area contributed by atoms with Gasteiger partial charge in [-0.05, 0) is 52.4 Å². The maximum absolute atomic E-state index is 5.41.